The predicted molar refractivity (Wildman–Crippen MR) is 61.0 cm³/mol. The van der Waals surface area contributed by atoms with Crippen LogP contribution in [0.15, 0.2) is 23.6 Å². The number of nitrogens with zero attached hydrogens (tertiary/aromatic N) is 2. The highest BCUT2D eigenvalue weighted by atomic mass is 32.1. The van der Waals surface area contributed by atoms with Crippen molar-refractivity contribution in [1.82, 2.24) is 9.78 Å². The Bertz CT molecular complexity index is 433. The monoisotopic (exact) mass is 222 g/mol. The maximum absolute atomic E-state index is 9.95. The normalized spacial score (nSPS) is 13.0. The summed E-state index contributed by atoms with van der Waals surface area (Å²) in [6.45, 7) is 4.49. The molecule has 2 heterocycles. The fraction of sp³-hybridized carbons (Fsp3) is 0.364. The van der Waals surface area contributed by atoms with Crippen molar-refractivity contribution in [1.29, 1.82) is 0 Å². The van der Waals surface area contributed by atoms with Gasteiger partial charge in [0.1, 0.15) is 6.10 Å². The Hall–Kier alpha value is -1.13. The highest BCUT2D eigenvalue weighted by Gasteiger charge is 2.11. The van der Waals surface area contributed by atoms with Crippen LogP contribution in [0.2, 0.25) is 0 Å². The summed E-state index contributed by atoms with van der Waals surface area (Å²) in [7, 11) is 0. The van der Waals surface area contributed by atoms with Crippen molar-refractivity contribution in [2.75, 3.05) is 0 Å². The minimum absolute atomic E-state index is 0.456. The van der Waals surface area contributed by atoms with Crippen molar-refractivity contribution in [2.45, 2.75) is 26.5 Å². The molecule has 0 fully saturated rings. The number of aliphatic hydroxyl groups excluding tert-OH is 1. The number of aromatic nitrogens is 2. The predicted octanol–water partition coefficient (Wildman–Crippen LogP) is 2.30. The second kappa shape index (κ2) is 4.16. The largest absolute Gasteiger partial charge is 0.386 e. The van der Waals surface area contributed by atoms with E-state index in [-0.39, 0.29) is 0 Å². The molecule has 15 heavy (non-hydrogen) atoms. The fourth-order valence-electron chi connectivity index (χ4n) is 1.59. The molecule has 0 aliphatic carbocycles. The molecule has 2 aromatic rings. The number of thiophene rings is 1. The first kappa shape index (κ1) is 10.4. The van der Waals surface area contributed by atoms with Gasteiger partial charge in [0.15, 0.2) is 0 Å². The van der Waals surface area contributed by atoms with Crippen molar-refractivity contribution in [3.8, 4) is 0 Å². The highest BCUT2D eigenvalue weighted by molar-refractivity contribution is 7.10. The second-order valence-corrected chi connectivity index (χ2v) is 4.62. The Morgan fingerprint density at radius 3 is 2.87 bits per heavy atom. The van der Waals surface area contributed by atoms with Crippen molar-refractivity contribution >= 4 is 11.3 Å². The van der Waals surface area contributed by atoms with Gasteiger partial charge in [-0.3, -0.25) is 4.68 Å². The average molecular weight is 222 g/mol. The Kier molecular flexibility index (Phi) is 2.88. The summed E-state index contributed by atoms with van der Waals surface area (Å²) in [5.74, 6) is 0. The lowest BCUT2D eigenvalue weighted by Gasteiger charge is -2.09. The molecule has 3 nitrogen and oxygen atoms in total. The van der Waals surface area contributed by atoms with E-state index in [1.54, 1.807) is 11.3 Å². The van der Waals surface area contributed by atoms with E-state index in [0.717, 1.165) is 16.3 Å². The summed E-state index contributed by atoms with van der Waals surface area (Å²) in [5.41, 5.74) is 2.08. The molecule has 1 N–H and O–H groups in total. The molecule has 1 unspecified atom stereocenters. The molecule has 4 heteroatoms. The van der Waals surface area contributed by atoms with Crippen LogP contribution in [0, 0.1) is 13.8 Å². The van der Waals surface area contributed by atoms with Gasteiger partial charge >= 0.3 is 0 Å². The van der Waals surface area contributed by atoms with Crippen LogP contribution in [-0.4, -0.2) is 14.9 Å². The molecule has 0 saturated carbocycles. The summed E-state index contributed by atoms with van der Waals surface area (Å²) >= 11 is 1.57. The fourth-order valence-corrected chi connectivity index (χ4v) is 2.30. The molecule has 0 spiro atoms. The number of rotatable bonds is 3. The molecule has 0 amide bonds. The lowest BCUT2D eigenvalue weighted by molar-refractivity contribution is 0.154. The molecular weight excluding hydrogens is 208 g/mol. The van der Waals surface area contributed by atoms with Gasteiger partial charge in [-0.15, -0.1) is 11.3 Å². The quantitative estimate of drug-likeness (QED) is 0.865. The molecular formula is C11H14N2OS. The van der Waals surface area contributed by atoms with E-state index in [2.05, 4.69) is 5.10 Å². The van der Waals surface area contributed by atoms with Crippen LogP contribution < -0.4 is 0 Å². The zero-order valence-corrected chi connectivity index (χ0v) is 9.66. The van der Waals surface area contributed by atoms with E-state index in [0.29, 0.717) is 6.54 Å². The summed E-state index contributed by atoms with van der Waals surface area (Å²) in [6, 6.07) is 5.91. The van der Waals surface area contributed by atoms with Gasteiger partial charge in [0.25, 0.3) is 0 Å². The molecule has 1 atom stereocenters. The van der Waals surface area contributed by atoms with Crippen LogP contribution in [0.1, 0.15) is 22.4 Å². The van der Waals surface area contributed by atoms with Crippen molar-refractivity contribution in [2.24, 2.45) is 0 Å². The molecule has 0 aliphatic heterocycles. The molecule has 80 valence electrons. The minimum atomic E-state index is -0.456. The van der Waals surface area contributed by atoms with Crippen LogP contribution >= 0.6 is 11.3 Å². The molecule has 0 saturated heterocycles. The SMILES string of the molecule is Cc1cc(C)n(CC(O)c2cccs2)n1. The number of aliphatic hydroxyl groups is 1. The Morgan fingerprint density at radius 2 is 2.33 bits per heavy atom. The van der Waals surface area contributed by atoms with Crippen LogP contribution in [0.25, 0.3) is 0 Å². The molecule has 0 aliphatic rings. The van der Waals surface area contributed by atoms with Crippen molar-refractivity contribution in [3.05, 3.63) is 39.8 Å². The van der Waals surface area contributed by atoms with Crippen LogP contribution in [-0.2, 0) is 6.54 Å². The Labute approximate surface area is 93.0 Å². The smallest absolute Gasteiger partial charge is 0.108 e. The first-order chi connectivity index (χ1) is 7.16. The lowest BCUT2D eigenvalue weighted by Crippen LogP contribution is -2.10. The molecule has 2 rings (SSSR count). The highest BCUT2D eigenvalue weighted by Crippen LogP contribution is 2.20. The third-order valence-electron chi connectivity index (χ3n) is 2.32. The zero-order chi connectivity index (χ0) is 10.8. The Balaban J connectivity index is 2.12. The van der Waals surface area contributed by atoms with Crippen LogP contribution in [0.3, 0.4) is 0 Å². The zero-order valence-electron chi connectivity index (χ0n) is 8.84. The van der Waals surface area contributed by atoms with Gasteiger partial charge in [-0.25, -0.2) is 0 Å². The van der Waals surface area contributed by atoms with Crippen LogP contribution in [0.4, 0.5) is 0 Å². The maximum atomic E-state index is 9.95. The summed E-state index contributed by atoms with van der Waals surface area (Å²) in [5, 5.41) is 16.2. The third kappa shape index (κ3) is 2.27. The van der Waals surface area contributed by atoms with E-state index in [4.69, 9.17) is 0 Å². The third-order valence-corrected chi connectivity index (χ3v) is 3.29. The van der Waals surface area contributed by atoms with Crippen molar-refractivity contribution < 1.29 is 5.11 Å². The number of aryl methyl sites for hydroxylation is 2. The maximum Gasteiger partial charge on any atom is 0.108 e. The molecule has 0 aromatic carbocycles. The Morgan fingerprint density at radius 1 is 1.53 bits per heavy atom. The number of hydrogen-bond donors (Lipinski definition) is 1. The van der Waals surface area contributed by atoms with E-state index in [1.165, 1.54) is 0 Å². The van der Waals surface area contributed by atoms with Gasteiger partial charge in [0.2, 0.25) is 0 Å². The van der Waals surface area contributed by atoms with Gasteiger partial charge in [-0.1, -0.05) is 6.07 Å². The summed E-state index contributed by atoms with van der Waals surface area (Å²) < 4.78 is 1.85. The standard InChI is InChI=1S/C11H14N2OS/c1-8-6-9(2)13(12-8)7-10(14)11-4-3-5-15-11/h3-6,10,14H,7H2,1-2H3. The van der Waals surface area contributed by atoms with Gasteiger partial charge in [0.05, 0.1) is 12.2 Å². The van der Waals surface area contributed by atoms with Gasteiger partial charge in [-0.05, 0) is 31.4 Å². The van der Waals surface area contributed by atoms with Crippen molar-refractivity contribution in [3.63, 3.8) is 0 Å². The topological polar surface area (TPSA) is 38.0 Å². The van der Waals surface area contributed by atoms with E-state index in [9.17, 15) is 5.11 Å². The van der Waals surface area contributed by atoms with Crippen LogP contribution in [0.5, 0.6) is 0 Å². The second-order valence-electron chi connectivity index (χ2n) is 3.64. The van der Waals surface area contributed by atoms with Gasteiger partial charge in [-0.2, -0.15) is 5.10 Å². The number of hydrogen-bond acceptors (Lipinski definition) is 3. The average Bonchev–Trinajstić information content (AvgIpc) is 2.76. The van der Waals surface area contributed by atoms with E-state index >= 15 is 0 Å². The molecule has 2 aromatic heterocycles. The molecule has 0 bridgehead atoms. The van der Waals surface area contributed by atoms with E-state index in [1.807, 2.05) is 42.1 Å². The molecule has 0 radical (unpaired) electrons. The lowest BCUT2D eigenvalue weighted by atomic mass is 10.3. The first-order valence-corrected chi connectivity index (χ1v) is 5.77. The van der Waals surface area contributed by atoms with E-state index < -0.39 is 6.10 Å². The van der Waals surface area contributed by atoms with Gasteiger partial charge < -0.3 is 5.11 Å². The van der Waals surface area contributed by atoms with Gasteiger partial charge in [0, 0.05) is 10.6 Å². The summed E-state index contributed by atoms with van der Waals surface area (Å²) in [6.07, 6.45) is -0.456. The first-order valence-electron chi connectivity index (χ1n) is 4.89. The summed E-state index contributed by atoms with van der Waals surface area (Å²) in [4.78, 5) is 0.988. The minimum Gasteiger partial charge on any atom is -0.386 e.